The Labute approximate surface area is 131 Å². The van der Waals surface area contributed by atoms with Gasteiger partial charge in [-0.3, -0.25) is 4.98 Å². The molecule has 0 bridgehead atoms. The highest BCUT2D eigenvalue weighted by molar-refractivity contribution is 9.10. The first-order chi connectivity index (χ1) is 10.3. The van der Waals surface area contributed by atoms with E-state index in [2.05, 4.69) is 47.7 Å². The van der Waals surface area contributed by atoms with Crippen LogP contribution in [0.15, 0.2) is 41.4 Å². The molecule has 0 aliphatic carbocycles. The maximum atomic E-state index is 4.42. The van der Waals surface area contributed by atoms with E-state index in [1.807, 2.05) is 24.5 Å². The minimum atomic E-state index is 0.781. The molecule has 6 heteroatoms. The van der Waals surface area contributed by atoms with Crippen LogP contribution in [0.3, 0.4) is 0 Å². The molecule has 21 heavy (non-hydrogen) atoms. The number of hydrogen-bond acceptors (Lipinski definition) is 4. The molecule has 0 unspecified atom stereocenters. The molecule has 3 heterocycles. The van der Waals surface area contributed by atoms with Gasteiger partial charge < -0.3 is 9.88 Å². The summed E-state index contributed by atoms with van der Waals surface area (Å²) in [6, 6.07) is 3.96. The van der Waals surface area contributed by atoms with E-state index in [0.29, 0.717) is 0 Å². The molecule has 0 radical (unpaired) electrons. The molecule has 0 aromatic carbocycles. The van der Waals surface area contributed by atoms with Crippen molar-refractivity contribution in [2.24, 2.45) is 0 Å². The largest absolute Gasteiger partial charge is 0.366 e. The van der Waals surface area contributed by atoms with Gasteiger partial charge in [0.2, 0.25) is 0 Å². The first-order valence-corrected chi connectivity index (χ1v) is 7.72. The van der Waals surface area contributed by atoms with Gasteiger partial charge in [-0.15, -0.1) is 0 Å². The van der Waals surface area contributed by atoms with E-state index in [1.165, 1.54) is 0 Å². The van der Waals surface area contributed by atoms with Crippen molar-refractivity contribution in [1.82, 2.24) is 19.5 Å². The van der Waals surface area contributed by atoms with E-state index in [1.54, 1.807) is 12.4 Å². The minimum absolute atomic E-state index is 0.781. The van der Waals surface area contributed by atoms with E-state index >= 15 is 0 Å². The van der Waals surface area contributed by atoms with Crippen LogP contribution in [0.4, 0.5) is 5.82 Å². The Kier molecular flexibility index (Phi) is 4.15. The zero-order valence-corrected chi connectivity index (χ0v) is 13.3. The summed E-state index contributed by atoms with van der Waals surface area (Å²) >= 11 is 3.51. The molecular formula is C15H16BrN5. The number of nitrogens with one attached hydrogen (secondary N) is 1. The van der Waals surface area contributed by atoms with Crippen LogP contribution in [0.2, 0.25) is 0 Å². The summed E-state index contributed by atoms with van der Waals surface area (Å²) in [7, 11) is 0. The number of anilines is 1. The quantitative estimate of drug-likeness (QED) is 0.770. The number of nitrogens with zero attached hydrogens (tertiary/aromatic N) is 4. The van der Waals surface area contributed by atoms with Crippen molar-refractivity contribution >= 4 is 32.7 Å². The molecule has 0 saturated carbocycles. The summed E-state index contributed by atoms with van der Waals surface area (Å²) in [5.74, 6) is 1.91. The van der Waals surface area contributed by atoms with Crippen LogP contribution in [0, 0.1) is 0 Å². The van der Waals surface area contributed by atoms with Gasteiger partial charge in [0.1, 0.15) is 11.3 Å². The molecule has 0 aliphatic heterocycles. The zero-order chi connectivity index (χ0) is 14.7. The van der Waals surface area contributed by atoms with Crippen molar-refractivity contribution in [1.29, 1.82) is 0 Å². The third kappa shape index (κ3) is 2.90. The Morgan fingerprint density at radius 1 is 1.24 bits per heavy atom. The molecule has 3 aromatic heterocycles. The Morgan fingerprint density at radius 2 is 2.14 bits per heavy atom. The minimum Gasteiger partial charge on any atom is -0.366 e. The normalized spacial score (nSPS) is 11.0. The Bertz CT molecular complexity index is 753. The molecule has 1 N–H and O–H groups in total. The molecule has 0 atom stereocenters. The second-order valence-electron chi connectivity index (χ2n) is 4.67. The van der Waals surface area contributed by atoms with Crippen LogP contribution in [-0.4, -0.2) is 26.1 Å². The molecule has 108 valence electrons. The topological polar surface area (TPSA) is 55.6 Å². The lowest BCUT2D eigenvalue weighted by Crippen LogP contribution is -2.13. The second kappa shape index (κ2) is 6.22. The molecule has 0 spiro atoms. The number of fused-ring (bicyclic) bond motifs is 1. The van der Waals surface area contributed by atoms with Gasteiger partial charge in [0, 0.05) is 54.2 Å². The number of imidazole rings is 1. The number of pyridine rings is 2. The number of rotatable bonds is 5. The smallest absolute Gasteiger partial charge is 0.152 e. The Morgan fingerprint density at radius 3 is 3.00 bits per heavy atom. The lowest BCUT2D eigenvalue weighted by atomic mass is 10.2. The average Bonchev–Trinajstić information content (AvgIpc) is 2.97. The van der Waals surface area contributed by atoms with Crippen LogP contribution < -0.4 is 5.32 Å². The van der Waals surface area contributed by atoms with Gasteiger partial charge in [-0.2, -0.15) is 0 Å². The monoisotopic (exact) mass is 345 g/mol. The Balaban J connectivity index is 1.75. The summed E-state index contributed by atoms with van der Waals surface area (Å²) in [6.07, 6.45) is 8.38. The Hall–Kier alpha value is -1.95. The second-order valence-corrected chi connectivity index (χ2v) is 5.53. The average molecular weight is 346 g/mol. The highest BCUT2D eigenvalue weighted by Crippen LogP contribution is 2.25. The maximum absolute atomic E-state index is 4.42. The predicted molar refractivity (Wildman–Crippen MR) is 87.3 cm³/mol. The van der Waals surface area contributed by atoms with Crippen molar-refractivity contribution in [3.05, 3.63) is 47.2 Å². The number of halogens is 1. The molecule has 0 amide bonds. The van der Waals surface area contributed by atoms with E-state index in [4.69, 9.17) is 0 Å². The summed E-state index contributed by atoms with van der Waals surface area (Å²) < 4.78 is 3.11. The first kappa shape index (κ1) is 14.0. The van der Waals surface area contributed by atoms with Gasteiger partial charge in [0.15, 0.2) is 5.82 Å². The van der Waals surface area contributed by atoms with Crippen LogP contribution >= 0.6 is 15.9 Å². The summed E-state index contributed by atoms with van der Waals surface area (Å²) in [6.45, 7) is 3.75. The standard InChI is InChI=1S/C15H16BrN5/c1-2-13-17-6-8-21(13)9-7-19-15-14-11(4-3-5-18-14)12(16)10-20-15/h3-6,8,10H,2,7,9H2,1H3,(H,19,20). The molecule has 3 aromatic rings. The SMILES string of the molecule is CCc1nccn1CCNc1ncc(Br)c2cccnc12. The van der Waals surface area contributed by atoms with Gasteiger partial charge in [-0.25, -0.2) is 9.97 Å². The summed E-state index contributed by atoms with van der Waals surface area (Å²) in [5, 5.41) is 4.42. The van der Waals surface area contributed by atoms with Gasteiger partial charge in [0.05, 0.1) is 0 Å². The van der Waals surface area contributed by atoms with E-state index in [9.17, 15) is 0 Å². The predicted octanol–water partition coefficient (Wildman–Crippen LogP) is 3.26. The van der Waals surface area contributed by atoms with Crippen molar-refractivity contribution in [3.63, 3.8) is 0 Å². The van der Waals surface area contributed by atoms with Crippen molar-refractivity contribution in [2.75, 3.05) is 11.9 Å². The van der Waals surface area contributed by atoms with E-state index in [0.717, 1.165) is 46.5 Å². The molecule has 3 rings (SSSR count). The molecule has 5 nitrogen and oxygen atoms in total. The lowest BCUT2D eigenvalue weighted by Gasteiger charge is -2.10. The van der Waals surface area contributed by atoms with Gasteiger partial charge in [0.25, 0.3) is 0 Å². The highest BCUT2D eigenvalue weighted by atomic mass is 79.9. The maximum Gasteiger partial charge on any atom is 0.152 e. The van der Waals surface area contributed by atoms with Crippen LogP contribution in [0.5, 0.6) is 0 Å². The lowest BCUT2D eigenvalue weighted by molar-refractivity contribution is 0.680. The zero-order valence-electron chi connectivity index (χ0n) is 11.8. The number of aromatic nitrogens is 4. The third-order valence-corrected chi connectivity index (χ3v) is 3.99. The van der Waals surface area contributed by atoms with E-state index < -0.39 is 0 Å². The fraction of sp³-hybridized carbons (Fsp3) is 0.267. The highest BCUT2D eigenvalue weighted by Gasteiger charge is 2.06. The summed E-state index contributed by atoms with van der Waals surface area (Å²) in [4.78, 5) is 13.2. The fourth-order valence-electron chi connectivity index (χ4n) is 2.32. The van der Waals surface area contributed by atoms with Gasteiger partial charge in [-0.05, 0) is 28.1 Å². The summed E-state index contributed by atoms with van der Waals surface area (Å²) in [5.41, 5.74) is 0.883. The van der Waals surface area contributed by atoms with E-state index in [-0.39, 0.29) is 0 Å². The van der Waals surface area contributed by atoms with Crippen LogP contribution in [0.1, 0.15) is 12.7 Å². The van der Waals surface area contributed by atoms with Crippen molar-refractivity contribution < 1.29 is 0 Å². The number of hydrogen-bond donors (Lipinski definition) is 1. The van der Waals surface area contributed by atoms with Gasteiger partial charge >= 0.3 is 0 Å². The molecular weight excluding hydrogens is 330 g/mol. The molecule has 0 saturated heterocycles. The van der Waals surface area contributed by atoms with Gasteiger partial charge in [-0.1, -0.05) is 6.92 Å². The third-order valence-electron chi connectivity index (χ3n) is 3.36. The van der Waals surface area contributed by atoms with Crippen molar-refractivity contribution in [2.45, 2.75) is 19.9 Å². The fourth-order valence-corrected chi connectivity index (χ4v) is 2.74. The number of aryl methyl sites for hydroxylation is 1. The van der Waals surface area contributed by atoms with Crippen molar-refractivity contribution in [3.8, 4) is 0 Å². The van der Waals surface area contributed by atoms with Crippen LogP contribution in [-0.2, 0) is 13.0 Å². The van der Waals surface area contributed by atoms with Crippen LogP contribution in [0.25, 0.3) is 10.9 Å². The molecule has 0 fully saturated rings. The molecule has 0 aliphatic rings. The first-order valence-electron chi connectivity index (χ1n) is 6.92.